The maximum Gasteiger partial charge on any atom is 0.299 e. The van der Waals surface area contributed by atoms with Crippen molar-refractivity contribution in [3.8, 4) is 5.69 Å². The van der Waals surface area contributed by atoms with Gasteiger partial charge in [0, 0.05) is 11.6 Å². The molecule has 1 N–H and O–H groups in total. The van der Waals surface area contributed by atoms with Crippen LogP contribution in [0.3, 0.4) is 0 Å². The summed E-state index contributed by atoms with van der Waals surface area (Å²) in [5, 5.41) is 16.0. The van der Waals surface area contributed by atoms with E-state index in [2.05, 4.69) is 25.7 Å². The third kappa shape index (κ3) is 2.52. The normalized spacial score (nSPS) is 10.4. The van der Waals surface area contributed by atoms with Crippen molar-refractivity contribution >= 4 is 22.4 Å². The molecule has 3 aromatic rings. The first-order valence-corrected chi connectivity index (χ1v) is 6.37. The Balaban J connectivity index is 1.79. The molecule has 100 valence electrons. The van der Waals surface area contributed by atoms with Crippen LogP contribution in [-0.4, -0.2) is 31.1 Å². The van der Waals surface area contributed by atoms with Crippen LogP contribution in [0, 0.1) is 5.82 Å². The summed E-state index contributed by atoms with van der Waals surface area (Å²) >= 11 is 1.28. The molecule has 0 saturated heterocycles. The van der Waals surface area contributed by atoms with Gasteiger partial charge in [0.25, 0.3) is 11.7 Å². The van der Waals surface area contributed by atoms with Gasteiger partial charge >= 0.3 is 0 Å². The van der Waals surface area contributed by atoms with Gasteiger partial charge in [0.05, 0.1) is 5.69 Å². The van der Waals surface area contributed by atoms with Crippen molar-refractivity contribution in [2.45, 2.75) is 0 Å². The standard InChI is InChI=1S/C11H7FN6OS/c12-7-1-3-8(4-2-7)18-16-9(15-17-18)10(19)14-11-13-5-6-20-11/h1-6H,(H,13,14,19). The van der Waals surface area contributed by atoms with Gasteiger partial charge in [-0.1, -0.05) is 0 Å². The number of carbonyl (C=O) groups excluding carboxylic acids is 1. The Bertz CT molecular complexity index is 724. The summed E-state index contributed by atoms with van der Waals surface area (Å²) in [7, 11) is 0. The average molecular weight is 290 g/mol. The molecule has 0 spiro atoms. The fourth-order valence-electron chi connectivity index (χ4n) is 1.43. The number of thiazole rings is 1. The second kappa shape index (κ2) is 5.13. The van der Waals surface area contributed by atoms with Crippen LogP contribution >= 0.6 is 11.3 Å². The third-order valence-electron chi connectivity index (χ3n) is 2.33. The minimum Gasteiger partial charge on any atom is -0.295 e. The lowest BCUT2D eigenvalue weighted by Gasteiger charge is -1.97. The van der Waals surface area contributed by atoms with Crippen LogP contribution in [0.4, 0.5) is 9.52 Å². The number of amides is 1. The summed E-state index contributed by atoms with van der Waals surface area (Å²) in [6, 6.07) is 5.51. The molecule has 0 fully saturated rings. The second-order valence-corrected chi connectivity index (χ2v) is 4.56. The monoisotopic (exact) mass is 290 g/mol. The van der Waals surface area contributed by atoms with Crippen molar-refractivity contribution in [2.75, 3.05) is 5.32 Å². The molecular weight excluding hydrogens is 283 g/mol. The maximum absolute atomic E-state index is 12.8. The molecule has 1 amide bonds. The van der Waals surface area contributed by atoms with Crippen LogP contribution in [0.25, 0.3) is 5.69 Å². The Kier molecular flexibility index (Phi) is 3.17. The zero-order chi connectivity index (χ0) is 13.9. The lowest BCUT2D eigenvalue weighted by atomic mass is 10.3. The summed E-state index contributed by atoms with van der Waals surface area (Å²) in [6.45, 7) is 0. The predicted molar refractivity (Wildman–Crippen MR) is 69.2 cm³/mol. The highest BCUT2D eigenvalue weighted by Gasteiger charge is 2.14. The molecule has 0 aliphatic heterocycles. The molecule has 3 rings (SSSR count). The van der Waals surface area contributed by atoms with Crippen LogP contribution in [0.15, 0.2) is 35.8 Å². The molecule has 0 aliphatic rings. The van der Waals surface area contributed by atoms with Gasteiger partial charge in [-0.25, -0.2) is 9.37 Å². The van der Waals surface area contributed by atoms with E-state index in [0.29, 0.717) is 10.8 Å². The Morgan fingerprint density at radius 2 is 2.10 bits per heavy atom. The molecular formula is C11H7FN6OS. The number of anilines is 1. The lowest BCUT2D eigenvalue weighted by Crippen LogP contribution is -2.14. The Labute approximate surface area is 116 Å². The van der Waals surface area contributed by atoms with Crippen LogP contribution in [-0.2, 0) is 0 Å². The SMILES string of the molecule is O=C(Nc1nccs1)c1nnn(-c2ccc(F)cc2)n1. The molecule has 7 nitrogen and oxygen atoms in total. The quantitative estimate of drug-likeness (QED) is 0.790. The van der Waals surface area contributed by atoms with Crippen molar-refractivity contribution in [1.29, 1.82) is 0 Å². The molecule has 0 radical (unpaired) electrons. The minimum absolute atomic E-state index is 0.0930. The van der Waals surface area contributed by atoms with Gasteiger partial charge in [0.15, 0.2) is 5.13 Å². The number of benzene rings is 1. The molecule has 0 bridgehead atoms. The number of nitrogens with zero attached hydrogens (tertiary/aromatic N) is 5. The highest BCUT2D eigenvalue weighted by Crippen LogP contribution is 2.11. The van der Waals surface area contributed by atoms with Crippen LogP contribution in [0.2, 0.25) is 0 Å². The largest absolute Gasteiger partial charge is 0.299 e. The van der Waals surface area contributed by atoms with E-state index in [1.165, 1.54) is 35.6 Å². The predicted octanol–water partition coefficient (Wildman–Crippen LogP) is 1.51. The van der Waals surface area contributed by atoms with Gasteiger partial charge < -0.3 is 0 Å². The van der Waals surface area contributed by atoms with Gasteiger partial charge in [-0.15, -0.1) is 26.3 Å². The number of carbonyl (C=O) groups is 1. The molecule has 9 heteroatoms. The van der Waals surface area contributed by atoms with E-state index >= 15 is 0 Å². The smallest absolute Gasteiger partial charge is 0.295 e. The fraction of sp³-hybridized carbons (Fsp3) is 0. The molecule has 0 saturated carbocycles. The lowest BCUT2D eigenvalue weighted by molar-refractivity contribution is 0.101. The van der Waals surface area contributed by atoms with Crippen LogP contribution in [0.5, 0.6) is 0 Å². The number of hydrogen-bond donors (Lipinski definition) is 1. The van der Waals surface area contributed by atoms with Gasteiger partial charge in [-0.3, -0.25) is 10.1 Å². The van der Waals surface area contributed by atoms with Crippen molar-refractivity contribution in [3.05, 3.63) is 47.5 Å². The molecule has 0 unspecified atom stereocenters. The average Bonchev–Trinajstić information content (AvgIpc) is 3.10. The van der Waals surface area contributed by atoms with Crippen molar-refractivity contribution in [3.63, 3.8) is 0 Å². The number of tetrazole rings is 1. The van der Waals surface area contributed by atoms with Gasteiger partial charge in [-0.05, 0) is 29.5 Å². The van der Waals surface area contributed by atoms with E-state index in [1.807, 2.05) is 0 Å². The van der Waals surface area contributed by atoms with E-state index in [0.717, 1.165) is 4.80 Å². The van der Waals surface area contributed by atoms with E-state index in [-0.39, 0.29) is 11.6 Å². The number of aromatic nitrogens is 5. The topological polar surface area (TPSA) is 85.6 Å². The van der Waals surface area contributed by atoms with E-state index in [4.69, 9.17) is 0 Å². The molecule has 20 heavy (non-hydrogen) atoms. The number of rotatable bonds is 3. The highest BCUT2D eigenvalue weighted by atomic mass is 32.1. The van der Waals surface area contributed by atoms with Crippen LogP contribution in [0.1, 0.15) is 10.6 Å². The second-order valence-electron chi connectivity index (χ2n) is 3.67. The summed E-state index contributed by atoms with van der Waals surface area (Å²) in [4.78, 5) is 16.9. The summed E-state index contributed by atoms with van der Waals surface area (Å²) in [6.07, 6.45) is 1.57. The molecule has 2 aromatic heterocycles. The first-order valence-electron chi connectivity index (χ1n) is 5.49. The van der Waals surface area contributed by atoms with Crippen LogP contribution < -0.4 is 5.32 Å². The van der Waals surface area contributed by atoms with Gasteiger partial charge in [0.1, 0.15) is 5.82 Å². The molecule has 2 heterocycles. The van der Waals surface area contributed by atoms with E-state index in [1.54, 1.807) is 11.6 Å². The first kappa shape index (κ1) is 12.4. The summed E-state index contributed by atoms with van der Waals surface area (Å²) in [5.41, 5.74) is 0.507. The highest BCUT2D eigenvalue weighted by molar-refractivity contribution is 7.13. The van der Waals surface area contributed by atoms with Gasteiger partial charge in [-0.2, -0.15) is 0 Å². The Morgan fingerprint density at radius 3 is 2.80 bits per heavy atom. The number of nitrogens with one attached hydrogen (secondary N) is 1. The first-order chi connectivity index (χ1) is 9.72. The zero-order valence-electron chi connectivity index (χ0n) is 9.89. The van der Waals surface area contributed by atoms with E-state index in [9.17, 15) is 9.18 Å². The zero-order valence-corrected chi connectivity index (χ0v) is 10.7. The van der Waals surface area contributed by atoms with Crippen molar-refractivity contribution in [2.24, 2.45) is 0 Å². The molecule has 1 aromatic carbocycles. The third-order valence-corrected chi connectivity index (χ3v) is 3.02. The summed E-state index contributed by atoms with van der Waals surface area (Å²) < 4.78 is 12.8. The number of halogens is 1. The number of hydrogen-bond acceptors (Lipinski definition) is 6. The minimum atomic E-state index is -0.506. The Hall–Kier alpha value is -2.68. The van der Waals surface area contributed by atoms with Gasteiger partial charge in [0.2, 0.25) is 0 Å². The molecule has 0 atom stereocenters. The fourth-order valence-corrected chi connectivity index (χ4v) is 1.95. The maximum atomic E-state index is 12.8. The van der Waals surface area contributed by atoms with E-state index < -0.39 is 5.91 Å². The molecule has 0 aliphatic carbocycles. The van der Waals surface area contributed by atoms with Crippen molar-refractivity contribution in [1.82, 2.24) is 25.2 Å². The Morgan fingerprint density at radius 1 is 1.30 bits per heavy atom. The summed E-state index contributed by atoms with van der Waals surface area (Å²) in [5.74, 6) is -0.964. The van der Waals surface area contributed by atoms with Crippen molar-refractivity contribution < 1.29 is 9.18 Å².